The average molecular weight is 913 g/mol. The topological polar surface area (TPSA) is 192 Å². The Kier molecular flexibility index (Phi) is 14.8. The molecule has 3 unspecified atom stereocenters. The fourth-order valence-electron chi connectivity index (χ4n) is 10.2. The first kappa shape index (κ1) is 46.8. The Hall–Kier alpha value is -5.76. The van der Waals surface area contributed by atoms with Gasteiger partial charge < -0.3 is 46.1 Å². The predicted octanol–water partition coefficient (Wildman–Crippen LogP) is 2.75. The number of likely N-dealkylation sites (tertiary alicyclic amines) is 1. The third kappa shape index (κ3) is 10.4. The molecule has 0 spiro atoms. The van der Waals surface area contributed by atoms with Crippen LogP contribution in [0, 0.1) is 5.21 Å². The summed E-state index contributed by atoms with van der Waals surface area (Å²) in [5, 5.41) is 23.5. The minimum Gasteiger partial charge on any atom is -0.627 e. The Morgan fingerprint density at radius 2 is 1.74 bits per heavy atom. The highest BCUT2D eigenvalue weighted by atomic mass is 19.3. The van der Waals surface area contributed by atoms with Crippen molar-refractivity contribution in [2.24, 2.45) is 10.7 Å². The predicted molar refractivity (Wildman–Crippen MR) is 249 cm³/mol. The molecule has 3 amide bonds. The molecular weight excluding hydrogens is 851 g/mol. The summed E-state index contributed by atoms with van der Waals surface area (Å²) in [5.74, 6) is 0.449. The van der Waals surface area contributed by atoms with Crippen molar-refractivity contribution in [3.8, 4) is 0 Å². The highest BCUT2D eigenvalue weighted by Crippen LogP contribution is 2.43. The van der Waals surface area contributed by atoms with Crippen molar-refractivity contribution in [3.63, 3.8) is 0 Å². The van der Waals surface area contributed by atoms with Gasteiger partial charge in [-0.05, 0) is 73.6 Å². The largest absolute Gasteiger partial charge is 0.627 e. The molecule has 0 bridgehead atoms. The van der Waals surface area contributed by atoms with E-state index in [4.69, 9.17) is 10.8 Å². The second kappa shape index (κ2) is 20.8. The van der Waals surface area contributed by atoms with E-state index in [1.165, 1.54) is 12.4 Å². The van der Waals surface area contributed by atoms with E-state index in [1.807, 2.05) is 39.0 Å². The van der Waals surface area contributed by atoms with Crippen molar-refractivity contribution < 1.29 is 33.0 Å². The number of aromatic nitrogens is 2. The zero-order valence-electron chi connectivity index (χ0n) is 37.9. The number of nitrogens with one attached hydrogen (secondary N) is 3. The molecule has 0 aliphatic carbocycles. The number of fused-ring (bicyclic) bond motifs is 2. The number of hydrogen-bond donors (Lipinski definition) is 4. The van der Waals surface area contributed by atoms with Crippen LogP contribution in [0.3, 0.4) is 0 Å². The summed E-state index contributed by atoms with van der Waals surface area (Å²) < 4.78 is 31.5. The van der Waals surface area contributed by atoms with Crippen LogP contribution in [0.1, 0.15) is 79.4 Å². The highest BCUT2D eigenvalue weighted by Gasteiger charge is 2.36. The molecular formula is C47H62F2N12O5. The Morgan fingerprint density at radius 1 is 0.985 bits per heavy atom. The molecule has 0 radical (unpaired) electrons. The second-order valence-electron chi connectivity index (χ2n) is 18.1. The van der Waals surface area contributed by atoms with Crippen LogP contribution >= 0.6 is 0 Å². The first-order chi connectivity index (χ1) is 31.9. The van der Waals surface area contributed by atoms with Gasteiger partial charge in [0.2, 0.25) is 11.8 Å². The van der Waals surface area contributed by atoms with E-state index in [2.05, 4.69) is 30.1 Å². The summed E-state index contributed by atoms with van der Waals surface area (Å²) in [7, 11) is 1.58. The molecule has 0 saturated carbocycles. The summed E-state index contributed by atoms with van der Waals surface area (Å²) in [6.07, 6.45) is 5.39. The molecule has 66 heavy (non-hydrogen) atoms. The molecule has 3 aromatic rings. The molecule has 3 fully saturated rings. The number of halogens is 2. The lowest BCUT2D eigenvalue weighted by molar-refractivity contribution is -0.770. The number of benzene rings is 2. The highest BCUT2D eigenvalue weighted by molar-refractivity contribution is 6.10. The molecule has 3 saturated heterocycles. The summed E-state index contributed by atoms with van der Waals surface area (Å²) in [4.78, 5) is 64.4. The molecule has 5 aliphatic heterocycles. The number of anilines is 4. The number of piperazine rings is 1. The van der Waals surface area contributed by atoms with Gasteiger partial charge in [-0.2, -0.15) is 5.10 Å². The molecule has 6 heterocycles. The number of piperidine rings is 2. The van der Waals surface area contributed by atoms with Gasteiger partial charge in [-0.1, -0.05) is 6.07 Å². The number of alkyl halides is 2. The number of aldehydes is 1. The molecule has 19 heteroatoms. The molecule has 17 nitrogen and oxygen atoms in total. The van der Waals surface area contributed by atoms with Crippen LogP contribution in [-0.2, 0) is 38.6 Å². The van der Waals surface area contributed by atoms with Gasteiger partial charge >= 0.3 is 5.91 Å². The fourth-order valence-corrected chi connectivity index (χ4v) is 10.2. The Balaban J connectivity index is 0.870. The SMILES string of the molecule is CN=CC(=CN)c1cc2c(cc1C(F)F)N(c1nn(C3CCN(C(=O)CN4CCN(CC(C=O)Nc5cccc(NC6CCC(=O)[NH+]([O-])C6)c5)CC4)CC3)c3c1CN(C(C)=O)CC3)CCC2. The van der Waals surface area contributed by atoms with Gasteiger partial charge in [-0.25, -0.2) is 13.6 Å². The third-order valence-electron chi connectivity index (χ3n) is 13.8. The van der Waals surface area contributed by atoms with Crippen molar-refractivity contribution in [3.05, 3.63) is 75.8 Å². The fraction of sp³-hybridized carbons (Fsp3) is 0.532. The normalized spacial score (nSPS) is 21.8. The number of amides is 3. The van der Waals surface area contributed by atoms with Crippen LogP contribution in [-0.4, -0.2) is 151 Å². The number of aliphatic imine (C=N–C) groups is 1. The standard InChI is InChI=1S/C47H62F2N12O5/c1-31(63)58-16-12-42-41(28-58)47(59-13-4-5-32-21-39(33(24-50)25-51-2)40(46(48)49)23-43(32)59)54-61(42)38-10-14-57(15-11-38)45(65)29-56-19-17-55(18-20-56)26-37(30-62)53-35-7-3-6-34(22-35)52-36-8-9-44(64)60(66)27-36/h3,6-7,21-25,30,36-38,46,52-53,60H,4-5,8-20,26-29,50H2,1-2H3. The number of nitrogens with two attached hydrogens (primary N) is 1. The van der Waals surface area contributed by atoms with Crippen molar-refractivity contribution >= 4 is 58.7 Å². The number of aryl methyl sites for hydroxylation is 1. The minimum atomic E-state index is -2.74. The van der Waals surface area contributed by atoms with E-state index in [1.54, 1.807) is 26.1 Å². The Bertz CT molecular complexity index is 2320. The van der Waals surface area contributed by atoms with Crippen molar-refractivity contribution in [1.29, 1.82) is 0 Å². The molecule has 1 aromatic heterocycles. The van der Waals surface area contributed by atoms with Crippen LogP contribution < -0.4 is 26.3 Å². The van der Waals surface area contributed by atoms with Crippen LogP contribution in [0.2, 0.25) is 0 Å². The number of rotatable bonds is 14. The maximum Gasteiger partial charge on any atom is 0.312 e. The Labute approximate surface area is 384 Å². The Morgan fingerprint density at radius 3 is 2.44 bits per heavy atom. The quantitative estimate of drug-likeness (QED) is 0.105. The maximum absolute atomic E-state index is 14.7. The van der Waals surface area contributed by atoms with Crippen molar-refractivity contribution in [2.75, 3.05) is 94.6 Å². The lowest BCUT2D eigenvalue weighted by Crippen LogP contribution is -3.12. The number of quaternary nitrogens is 1. The molecule has 3 atom stereocenters. The number of carbonyl (C=O) groups is 4. The van der Waals surface area contributed by atoms with Crippen molar-refractivity contribution in [2.45, 2.75) is 83.0 Å². The summed E-state index contributed by atoms with van der Waals surface area (Å²) in [5.41, 5.74) is 11.7. The van der Waals surface area contributed by atoms with Crippen molar-refractivity contribution in [1.82, 2.24) is 29.4 Å². The molecule has 5 aliphatic rings. The van der Waals surface area contributed by atoms with Gasteiger partial charge in [0.1, 0.15) is 12.8 Å². The number of nitrogens with zero attached hydrogens (tertiary/aromatic N) is 8. The number of allylic oxidation sites excluding steroid dienone is 1. The zero-order chi connectivity index (χ0) is 46.5. The lowest BCUT2D eigenvalue weighted by Gasteiger charge is -2.38. The van der Waals surface area contributed by atoms with Gasteiger partial charge in [0.05, 0.1) is 37.6 Å². The molecule has 2 aromatic carbocycles. The summed E-state index contributed by atoms with van der Waals surface area (Å²) in [6, 6.07) is 10.5. The lowest BCUT2D eigenvalue weighted by atomic mass is 9.92. The van der Waals surface area contributed by atoms with E-state index in [0.717, 1.165) is 54.0 Å². The maximum atomic E-state index is 14.7. The van der Waals surface area contributed by atoms with Gasteiger partial charge in [-0.3, -0.25) is 29.1 Å². The number of carbonyl (C=O) groups excluding carboxylic acids is 4. The van der Waals surface area contributed by atoms with E-state index < -0.39 is 12.5 Å². The van der Waals surface area contributed by atoms with Gasteiger partial charge in [0, 0.05) is 131 Å². The van der Waals surface area contributed by atoms with Gasteiger partial charge in [-0.15, -0.1) is 0 Å². The first-order valence-corrected chi connectivity index (χ1v) is 23.2. The third-order valence-corrected chi connectivity index (χ3v) is 13.8. The second-order valence-corrected chi connectivity index (χ2v) is 18.1. The van der Waals surface area contributed by atoms with Crippen LogP contribution in [0.15, 0.2) is 47.6 Å². The van der Waals surface area contributed by atoms with Gasteiger partial charge in [0.25, 0.3) is 6.43 Å². The monoisotopic (exact) mass is 912 g/mol. The van der Waals surface area contributed by atoms with Crippen LogP contribution in [0.4, 0.5) is 31.7 Å². The molecule has 354 valence electrons. The van der Waals surface area contributed by atoms with E-state index >= 15 is 0 Å². The first-order valence-electron chi connectivity index (χ1n) is 23.2. The average Bonchev–Trinajstić information content (AvgIpc) is 3.70. The minimum absolute atomic E-state index is 0.0274. The zero-order valence-corrected chi connectivity index (χ0v) is 37.9. The molecule has 5 N–H and O–H groups in total. The van der Waals surface area contributed by atoms with E-state index in [0.29, 0.717) is 114 Å². The van der Waals surface area contributed by atoms with Crippen LogP contribution in [0.5, 0.6) is 0 Å². The number of hydrogen-bond acceptors (Lipinski definition) is 13. The number of hydroxylamine groups is 2. The molecule has 8 rings (SSSR count). The van der Waals surface area contributed by atoms with Crippen LogP contribution in [0.25, 0.3) is 5.57 Å². The summed E-state index contributed by atoms with van der Waals surface area (Å²) >= 11 is 0. The van der Waals surface area contributed by atoms with E-state index in [9.17, 15) is 33.2 Å². The smallest absolute Gasteiger partial charge is 0.312 e. The van der Waals surface area contributed by atoms with E-state index in [-0.39, 0.29) is 53.4 Å². The summed E-state index contributed by atoms with van der Waals surface area (Å²) in [6.45, 7) is 8.14. The van der Waals surface area contributed by atoms with Gasteiger partial charge in [0.15, 0.2) is 5.82 Å².